The number of nitrogens with zero attached hydrogens (tertiary/aromatic N) is 2. The SMILES string of the molecule is CCOc1ccc2ccccc2c1C(=O)N1CC(c2cccc(C(N)=O)c2)C2=CCCN=C21. The number of primary amides is 1. The molecule has 0 bridgehead atoms. The summed E-state index contributed by atoms with van der Waals surface area (Å²) in [4.78, 5) is 32.3. The molecule has 166 valence electrons. The Morgan fingerprint density at radius 3 is 2.79 bits per heavy atom. The van der Waals surface area contributed by atoms with E-state index in [-0.39, 0.29) is 11.8 Å². The molecule has 1 saturated heterocycles. The van der Waals surface area contributed by atoms with Gasteiger partial charge in [0.15, 0.2) is 0 Å². The van der Waals surface area contributed by atoms with Crippen LogP contribution in [-0.4, -0.2) is 42.2 Å². The number of dihydropyridines is 1. The number of aliphatic imine (C=N–C) groups is 1. The zero-order valence-corrected chi connectivity index (χ0v) is 18.5. The summed E-state index contributed by atoms with van der Waals surface area (Å²) in [6.07, 6.45) is 2.98. The third-order valence-electron chi connectivity index (χ3n) is 6.23. The number of amidine groups is 1. The molecule has 6 nitrogen and oxygen atoms in total. The fourth-order valence-corrected chi connectivity index (χ4v) is 4.74. The number of likely N-dealkylation sites (tertiary alicyclic amines) is 1. The average molecular weight is 440 g/mol. The molecule has 2 N–H and O–H groups in total. The predicted molar refractivity (Wildman–Crippen MR) is 129 cm³/mol. The van der Waals surface area contributed by atoms with Gasteiger partial charge in [-0.05, 0) is 47.9 Å². The summed E-state index contributed by atoms with van der Waals surface area (Å²) < 4.78 is 5.86. The maximum absolute atomic E-state index is 14.0. The first kappa shape index (κ1) is 20.9. The number of hydrogen-bond donors (Lipinski definition) is 1. The zero-order valence-electron chi connectivity index (χ0n) is 18.5. The van der Waals surface area contributed by atoms with Crippen LogP contribution in [0.25, 0.3) is 10.8 Å². The predicted octanol–water partition coefficient (Wildman–Crippen LogP) is 4.31. The molecule has 2 heterocycles. The van der Waals surface area contributed by atoms with E-state index in [1.807, 2.05) is 61.5 Å². The van der Waals surface area contributed by atoms with E-state index in [9.17, 15) is 9.59 Å². The molecular weight excluding hydrogens is 414 g/mol. The van der Waals surface area contributed by atoms with Gasteiger partial charge >= 0.3 is 0 Å². The Morgan fingerprint density at radius 1 is 1.12 bits per heavy atom. The highest BCUT2D eigenvalue weighted by molar-refractivity contribution is 6.19. The molecule has 2 amide bonds. The van der Waals surface area contributed by atoms with Crippen LogP contribution in [0.5, 0.6) is 5.75 Å². The van der Waals surface area contributed by atoms with Gasteiger partial charge in [-0.25, -0.2) is 0 Å². The van der Waals surface area contributed by atoms with Gasteiger partial charge in [0.25, 0.3) is 5.91 Å². The lowest BCUT2D eigenvalue weighted by Crippen LogP contribution is -2.34. The first-order chi connectivity index (χ1) is 16.1. The van der Waals surface area contributed by atoms with E-state index < -0.39 is 5.91 Å². The molecule has 33 heavy (non-hydrogen) atoms. The van der Waals surface area contributed by atoms with Gasteiger partial charge in [0, 0.05) is 30.1 Å². The highest BCUT2D eigenvalue weighted by Crippen LogP contribution is 2.39. The van der Waals surface area contributed by atoms with Crippen molar-refractivity contribution in [3.05, 3.63) is 89.0 Å². The number of carbonyl (C=O) groups is 2. The lowest BCUT2D eigenvalue weighted by Gasteiger charge is -2.21. The second-order valence-electron chi connectivity index (χ2n) is 8.20. The molecule has 2 aliphatic heterocycles. The molecule has 1 atom stereocenters. The van der Waals surface area contributed by atoms with Crippen LogP contribution in [0.2, 0.25) is 0 Å². The lowest BCUT2D eigenvalue weighted by atomic mass is 9.91. The second-order valence-corrected chi connectivity index (χ2v) is 8.20. The number of ether oxygens (including phenoxy) is 1. The summed E-state index contributed by atoms with van der Waals surface area (Å²) in [6, 6.07) is 19.0. The first-order valence-electron chi connectivity index (χ1n) is 11.2. The van der Waals surface area contributed by atoms with E-state index >= 15 is 0 Å². The van der Waals surface area contributed by atoms with Crippen LogP contribution in [0.3, 0.4) is 0 Å². The maximum Gasteiger partial charge on any atom is 0.263 e. The largest absolute Gasteiger partial charge is 0.493 e. The Hall–Kier alpha value is -3.93. The average Bonchev–Trinajstić information content (AvgIpc) is 3.23. The van der Waals surface area contributed by atoms with E-state index in [0.717, 1.165) is 28.3 Å². The van der Waals surface area contributed by atoms with Gasteiger partial charge < -0.3 is 10.5 Å². The van der Waals surface area contributed by atoms with E-state index in [1.54, 1.807) is 11.0 Å². The van der Waals surface area contributed by atoms with Crippen LogP contribution >= 0.6 is 0 Å². The van der Waals surface area contributed by atoms with Gasteiger partial charge in [-0.3, -0.25) is 19.5 Å². The number of hydrogen-bond acceptors (Lipinski definition) is 4. The number of amides is 2. The Labute approximate surface area is 192 Å². The summed E-state index contributed by atoms with van der Waals surface area (Å²) in [6.45, 7) is 3.46. The molecule has 0 aromatic heterocycles. The minimum Gasteiger partial charge on any atom is -0.493 e. The second kappa shape index (κ2) is 8.54. The van der Waals surface area contributed by atoms with Crippen molar-refractivity contribution in [3.63, 3.8) is 0 Å². The summed E-state index contributed by atoms with van der Waals surface area (Å²) in [7, 11) is 0. The van der Waals surface area contributed by atoms with Crippen molar-refractivity contribution in [1.82, 2.24) is 4.90 Å². The standard InChI is InChI=1S/C27H25N3O3/c1-2-33-23-13-12-17-7-3-4-10-20(17)24(23)27(32)30-16-22(21-11-6-14-29-26(21)30)18-8-5-9-19(15-18)25(28)31/h3-5,7-13,15,22H,2,6,14,16H2,1H3,(H2,28,31). The van der Waals surface area contributed by atoms with E-state index in [0.29, 0.717) is 42.4 Å². The van der Waals surface area contributed by atoms with Crippen molar-refractivity contribution in [3.8, 4) is 5.75 Å². The maximum atomic E-state index is 14.0. The van der Waals surface area contributed by atoms with Crippen molar-refractivity contribution >= 4 is 28.4 Å². The lowest BCUT2D eigenvalue weighted by molar-refractivity contribution is 0.0851. The highest BCUT2D eigenvalue weighted by Gasteiger charge is 2.40. The van der Waals surface area contributed by atoms with Gasteiger partial charge in [-0.15, -0.1) is 0 Å². The molecule has 3 aromatic rings. The van der Waals surface area contributed by atoms with Crippen LogP contribution in [0.15, 0.2) is 77.3 Å². The quantitative estimate of drug-likeness (QED) is 0.643. The minimum atomic E-state index is -0.466. The number of fused-ring (bicyclic) bond motifs is 2. The van der Waals surface area contributed by atoms with Gasteiger partial charge in [0.05, 0.1) is 12.2 Å². The van der Waals surface area contributed by atoms with Gasteiger partial charge in [-0.1, -0.05) is 48.5 Å². The molecule has 1 fully saturated rings. The molecule has 6 heteroatoms. The van der Waals surface area contributed by atoms with Gasteiger partial charge in [0.2, 0.25) is 5.91 Å². The Morgan fingerprint density at radius 2 is 1.97 bits per heavy atom. The Balaban J connectivity index is 1.59. The molecule has 2 aliphatic rings. The van der Waals surface area contributed by atoms with Gasteiger partial charge in [-0.2, -0.15) is 0 Å². The molecular formula is C27H25N3O3. The smallest absolute Gasteiger partial charge is 0.263 e. The molecule has 3 aromatic carbocycles. The minimum absolute atomic E-state index is 0.0715. The van der Waals surface area contributed by atoms with E-state index in [1.165, 1.54) is 0 Å². The topological polar surface area (TPSA) is 85.0 Å². The molecule has 5 rings (SSSR count). The summed E-state index contributed by atoms with van der Waals surface area (Å²) in [5.41, 5.74) is 8.49. The fraction of sp³-hybridized carbons (Fsp3) is 0.222. The third kappa shape index (κ3) is 3.67. The summed E-state index contributed by atoms with van der Waals surface area (Å²) in [5.74, 6) is 0.609. The summed E-state index contributed by atoms with van der Waals surface area (Å²) in [5, 5.41) is 1.84. The first-order valence-corrected chi connectivity index (χ1v) is 11.2. The number of benzene rings is 3. The zero-order chi connectivity index (χ0) is 22.9. The van der Waals surface area contributed by atoms with Crippen LogP contribution < -0.4 is 10.5 Å². The van der Waals surface area contributed by atoms with Crippen molar-refractivity contribution < 1.29 is 14.3 Å². The van der Waals surface area contributed by atoms with Crippen molar-refractivity contribution in [2.45, 2.75) is 19.3 Å². The number of nitrogens with two attached hydrogens (primary N) is 1. The van der Waals surface area contributed by atoms with Crippen molar-refractivity contribution in [2.24, 2.45) is 10.7 Å². The molecule has 0 aliphatic carbocycles. The molecule has 1 unspecified atom stereocenters. The van der Waals surface area contributed by atoms with Gasteiger partial charge in [0.1, 0.15) is 11.6 Å². The number of carbonyl (C=O) groups excluding carboxylic acids is 2. The van der Waals surface area contributed by atoms with Crippen molar-refractivity contribution in [2.75, 3.05) is 19.7 Å². The molecule has 0 spiro atoms. The highest BCUT2D eigenvalue weighted by atomic mass is 16.5. The van der Waals surface area contributed by atoms with Crippen LogP contribution in [-0.2, 0) is 0 Å². The monoisotopic (exact) mass is 439 g/mol. The van der Waals surface area contributed by atoms with Crippen LogP contribution in [0.1, 0.15) is 45.5 Å². The van der Waals surface area contributed by atoms with Crippen LogP contribution in [0, 0.1) is 0 Å². The van der Waals surface area contributed by atoms with Crippen LogP contribution in [0.4, 0.5) is 0 Å². The third-order valence-corrected chi connectivity index (χ3v) is 6.23. The fourth-order valence-electron chi connectivity index (χ4n) is 4.74. The van der Waals surface area contributed by atoms with Crippen molar-refractivity contribution in [1.29, 1.82) is 0 Å². The Kier molecular flexibility index (Phi) is 5.42. The molecule has 0 saturated carbocycles. The Bertz CT molecular complexity index is 1330. The number of rotatable bonds is 5. The van der Waals surface area contributed by atoms with E-state index in [4.69, 9.17) is 15.5 Å². The molecule has 0 radical (unpaired) electrons. The normalized spacial score (nSPS) is 17.4. The van der Waals surface area contributed by atoms with E-state index in [2.05, 4.69) is 6.08 Å². The summed E-state index contributed by atoms with van der Waals surface area (Å²) >= 11 is 0.